The van der Waals surface area contributed by atoms with Crippen molar-refractivity contribution in [2.45, 2.75) is 18.2 Å². The second-order valence-corrected chi connectivity index (χ2v) is 6.11. The number of carbonyl (C=O) groups excluding carboxylic acids is 1. The molecule has 9 heteroatoms. The van der Waals surface area contributed by atoms with Crippen LogP contribution in [0.5, 0.6) is 0 Å². The molecule has 0 heterocycles. The Hall–Kier alpha value is -2.00. The highest BCUT2D eigenvalue weighted by Crippen LogP contribution is 2.21. The molecule has 0 aromatic heterocycles. The van der Waals surface area contributed by atoms with E-state index in [0.717, 1.165) is 17.5 Å². The third-order valence-electron chi connectivity index (χ3n) is 2.67. The zero-order valence-electron chi connectivity index (χ0n) is 11.7. The Balaban J connectivity index is 3.19. The lowest BCUT2D eigenvalue weighted by Crippen LogP contribution is -2.36. The van der Waals surface area contributed by atoms with E-state index in [1.807, 2.05) is 0 Å². The van der Waals surface area contributed by atoms with Crippen molar-refractivity contribution in [3.05, 3.63) is 34.4 Å². The van der Waals surface area contributed by atoms with Gasteiger partial charge in [0.25, 0.3) is 5.69 Å². The van der Waals surface area contributed by atoms with Crippen LogP contribution in [0.3, 0.4) is 0 Å². The van der Waals surface area contributed by atoms with Gasteiger partial charge in [0.15, 0.2) is 0 Å². The quantitative estimate of drug-likeness (QED) is 0.424. The average molecular weight is 316 g/mol. The molecule has 0 aliphatic carbocycles. The SMILES string of the molecule is CCCN(CC(=O)OC)S(=O)(=O)c1cccc([N+](=O)[O-])c1. The average Bonchev–Trinajstić information content (AvgIpc) is 2.46. The second-order valence-electron chi connectivity index (χ2n) is 4.17. The summed E-state index contributed by atoms with van der Waals surface area (Å²) < 4.78 is 30.3. The summed E-state index contributed by atoms with van der Waals surface area (Å²) in [6.07, 6.45) is 0.491. The molecule has 0 fully saturated rings. The molecule has 0 aliphatic rings. The standard InChI is InChI=1S/C12H16N2O6S/c1-3-7-13(9-12(15)20-2)21(18,19)11-6-4-5-10(8-11)14(16)17/h4-6,8H,3,7,9H2,1-2H3. The number of hydrogen-bond acceptors (Lipinski definition) is 6. The Morgan fingerprint density at radius 1 is 1.43 bits per heavy atom. The molecule has 1 aromatic carbocycles. The van der Waals surface area contributed by atoms with Gasteiger partial charge in [-0.15, -0.1) is 0 Å². The van der Waals surface area contributed by atoms with E-state index >= 15 is 0 Å². The molecule has 0 amide bonds. The molecule has 21 heavy (non-hydrogen) atoms. The highest BCUT2D eigenvalue weighted by atomic mass is 32.2. The predicted molar refractivity (Wildman–Crippen MR) is 74.2 cm³/mol. The Kier molecular flexibility index (Phi) is 5.79. The van der Waals surface area contributed by atoms with Gasteiger partial charge < -0.3 is 4.74 Å². The summed E-state index contributed by atoms with van der Waals surface area (Å²) in [5.74, 6) is -0.697. The number of non-ortho nitro benzene ring substituents is 1. The lowest BCUT2D eigenvalue weighted by molar-refractivity contribution is -0.385. The minimum atomic E-state index is -4.00. The van der Waals surface area contributed by atoms with Gasteiger partial charge in [0, 0.05) is 18.7 Å². The molecule has 0 bridgehead atoms. The minimum absolute atomic E-state index is 0.111. The Morgan fingerprint density at radius 3 is 2.62 bits per heavy atom. The molecule has 0 atom stereocenters. The van der Waals surface area contributed by atoms with E-state index in [4.69, 9.17) is 0 Å². The number of nitro groups is 1. The summed E-state index contributed by atoms with van der Waals surface area (Å²) in [6.45, 7) is 1.43. The lowest BCUT2D eigenvalue weighted by atomic mass is 10.3. The van der Waals surface area contributed by atoms with Crippen LogP contribution in [0.2, 0.25) is 0 Å². The summed E-state index contributed by atoms with van der Waals surface area (Å²) in [5, 5.41) is 10.7. The largest absolute Gasteiger partial charge is 0.468 e. The number of hydrogen-bond donors (Lipinski definition) is 0. The van der Waals surface area contributed by atoms with E-state index in [2.05, 4.69) is 4.74 Å². The van der Waals surface area contributed by atoms with Gasteiger partial charge in [0.1, 0.15) is 6.54 Å². The van der Waals surface area contributed by atoms with Crippen LogP contribution in [0.15, 0.2) is 29.2 Å². The van der Waals surface area contributed by atoms with Crippen molar-refractivity contribution >= 4 is 21.7 Å². The number of rotatable bonds is 7. The van der Waals surface area contributed by atoms with Crippen LogP contribution in [0.4, 0.5) is 5.69 Å². The van der Waals surface area contributed by atoms with E-state index in [1.165, 1.54) is 18.2 Å². The monoisotopic (exact) mass is 316 g/mol. The first-order chi connectivity index (χ1) is 9.82. The van der Waals surface area contributed by atoms with Crippen LogP contribution >= 0.6 is 0 Å². The zero-order chi connectivity index (χ0) is 16.0. The molecule has 0 saturated carbocycles. The highest BCUT2D eigenvalue weighted by Gasteiger charge is 2.27. The summed E-state index contributed by atoms with van der Waals surface area (Å²) in [4.78, 5) is 21.1. The molecule has 0 radical (unpaired) electrons. The van der Waals surface area contributed by atoms with Crippen LogP contribution in [0, 0.1) is 10.1 Å². The molecular weight excluding hydrogens is 300 g/mol. The smallest absolute Gasteiger partial charge is 0.321 e. The van der Waals surface area contributed by atoms with Crippen LogP contribution in [-0.4, -0.2) is 43.8 Å². The van der Waals surface area contributed by atoms with E-state index < -0.39 is 27.5 Å². The van der Waals surface area contributed by atoms with Gasteiger partial charge in [-0.2, -0.15) is 4.31 Å². The summed E-state index contributed by atoms with van der Waals surface area (Å²) >= 11 is 0. The number of carbonyl (C=O) groups is 1. The molecule has 1 aromatic rings. The molecule has 0 unspecified atom stereocenters. The normalized spacial score (nSPS) is 11.4. The summed E-state index contributed by atoms with van der Waals surface area (Å²) in [7, 11) is -2.84. The number of sulfonamides is 1. The topological polar surface area (TPSA) is 107 Å². The van der Waals surface area contributed by atoms with Crippen LogP contribution in [0.25, 0.3) is 0 Å². The number of nitro benzene ring substituents is 1. The van der Waals surface area contributed by atoms with Gasteiger partial charge >= 0.3 is 5.97 Å². The van der Waals surface area contributed by atoms with Crippen molar-refractivity contribution in [3.63, 3.8) is 0 Å². The summed E-state index contributed by atoms with van der Waals surface area (Å²) in [6, 6.07) is 4.70. The first-order valence-corrected chi connectivity index (χ1v) is 7.58. The molecule has 0 aliphatic heterocycles. The maximum Gasteiger partial charge on any atom is 0.321 e. The molecule has 0 saturated heterocycles. The van der Waals surface area contributed by atoms with Crippen LogP contribution < -0.4 is 0 Å². The van der Waals surface area contributed by atoms with Crippen molar-refractivity contribution in [3.8, 4) is 0 Å². The van der Waals surface area contributed by atoms with Crippen molar-refractivity contribution in [1.82, 2.24) is 4.31 Å². The molecular formula is C12H16N2O6S. The number of methoxy groups -OCH3 is 1. The molecule has 8 nitrogen and oxygen atoms in total. The molecule has 1 rings (SSSR count). The van der Waals surface area contributed by atoms with Gasteiger partial charge in [-0.05, 0) is 12.5 Å². The van der Waals surface area contributed by atoms with E-state index in [-0.39, 0.29) is 17.1 Å². The fourth-order valence-electron chi connectivity index (χ4n) is 1.65. The number of esters is 1. The van der Waals surface area contributed by atoms with Crippen molar-refractivity contribution in [1.29, 1.82) is 0 Å². The maximum atomic E-state index is 12.4. The number of benzene rings is 1. The van der Waals surface area contributed by atoms with Crippen molar-refractivity contribution < 1.29 is 22.9 Å². The fourth-order valence-corrected chi connectivity index (χ4v) is 3.17. The number of ether oxygens (including phenoxy) is 1. The zero-order valence-corrected chi connectivity index (χ0v) is 12.5. The van der Waals surface area contributed by atoms with Gasteiger partial charge in [0.2, 0.25) is 10.0 Å². The van der Waals surface area contributed by atoms with Gasteiger partial charge in [-0.25, -0.2) is 8.42 Å². The summed E-state index contributed by atoms with van der Waals surface area (Å²) in [5.41, 5.74) is -0.328. The first kappa shape index (κ1) is 17.1. The van der Waals surface area contributed by atoms with Crippen LogP contribution in [-0.2, 0) is 19.6 Å². The fraction of sp³-hybridized carbons (Fsp3) is 0.417. The maximum absolute atomic E-state index is 12.4. The molecule has 116 valence electrons. The van der Waals surface area contributed by atoms with Gasteiger partial charge in [0.05, 0.1) is 16.9 Å². The minimum Gasteiger partial charge on any atom is -0.468 e. The number of nitrogens with zero attached hydrogens (tertiary/aromatic N) is 2. The van der Waals surface area contributed by atoms with Crippen LogP contribution in [0.1, 0.15) is 13.3 Å². The third-order valence-corrected chi connectivity index (χ3v) is 4.51. The van der Waals surface area contributed by atoms with Gasteiger partial charge in [-0.1, -0.05) is 13.0 Å². The van der Waals surface area contributed by atoms with E-state index in [1.54, 1.807) is 6.92 Å². The highest BCUT2D eigenvalue weighted by molar-refractivity contribution is 7.89. The predicted octanol–water partition coefficient (Wildman–Crippen LogP) is 1.17. The van der Waals surface area contributed by atoms with E-state index in [9.17, 15) is 23.3 Å². The third kappa shape index (κ3) is 4.23. The lowest BCUT2D eigenvalue weighted by Gasteiger charge is -2.20. The Labute approximate surface area is 122 Å². The van der Waals surface area contributed by atoms with Gasteiger partial charge in [-0.3, -0.25) is 14.9 Å². The van der Waals surface area contributed by atoms with E-state index in [0.29, 0.717) is 6.42 Å². The van der Waals surface area contributed by atoms with Crippen molar-refractivity contribution in [2.75, 3.05) is 20.2 Å². The molecule has 0 spiro atoms. The van der Waals surface area contributed by atoms with Crippen molar-refractivity contribution in [2.24, 2.45) is 0 Å². The second kappa shape index (κ2) is 7.14. The Bertz CT molecular complexity index is 628. The first-order valence-electron chi connectivity index (χ1n) is 6.14. The Morgan fingerprint density at radius 2 is 2.10 bits per heavy atom. The molecule has 0 N–H and O–H groups in total.